The van der Waals surface area contributed by atoms with E-state index in [4.69, 9.17) is 5.73 Å². The van der Waals surface area contributed by atoms with E-state index < -0.39 is 0 Å². The fourth-order valence-electron chi connectivity index (χ4n) is 1.21. The Balaban J connectivity index is 2.89. The van der Waals surface area contributed by atoms with Crippen LogP contribution in [-0.2, 0) is 0 Å². The van der Waals surface area contributed by atoms with Gasteiger partial charge < -0.3 is 10.7 Å². The minimum Gasteiger partial charge on any atom is -0.379 e. The molecule has 0 unspecified atom stereocenters. The summed E-state index contributed by atoms with van der Waals surface area (Å²) >= 11 is 0. The Kier molecular flexibility index (Phi) is 1.55. The van der Waals surface area contributed by atoms with Crippen LogP contribution in [0.25, 0.3) is 11.0 Å². The molecule has 1 aromatic carbocycles. The van der Waals surface area contributed by atoms with E-state index in [1.807, 2.05) is 25.1 Å². The second-order valence-corrected chi connectivity index (χ2v) is 2.97. The first kappa shape index (κ1) is 7.79. The number of nitrogens with two attached hydrogens (primary N) is 1. The monoisotopic (exact) mass is 175 g/mol. The summed E-state index contributed by atoms with van der Waals surface area (Å²) in [6, 6.07) is 5.61. The van der Waals surface area contributed by atoms with E-state index in [1.165, 1.54) is 0 Å². The standard InChI is InChI=1S/C9H9N3O/c1-5-2-3-6-7(4-5)11-8(10)9(13)12-6/h2-4H,1H3,(H2,10,11)(H,12,13). The summed E-state index contributed by atoms with van der Waals surface area (Å²) in [5.74, 6) is 0.0121. The zero-order valence-electron chi connectivity index (χ0n) is 7.16. The molecule has 2 aromatic rings. The second kappa shape index (κ2) is 2.58. The summed E-state index contributed by atoms with van der Waals surface area (Å²) in [5, 5.41) is 0. The van der Waals surface area contributed by atoms with Crippen LogP contribution in [0.1, 0.15) is 5.56 Å². The second-order valence-electron chi connectivity index (χ2n) is 2.97. The number of nitrogen functional groups attached to an aromatic ring is 1. The smallest absolute Gasteiger partial charge is 0.290 e. The number of aromatic amines is 1. The van der Waals surface area contributed by atoms with Gasteiger partial charge in [0.05, 0.1) is 11.0 Å². The quantitative estimate of drug-likeness (QED) is 0.622. The molecule has 1 heterocycles. The van der Waals surface area contributed by atoms with Crippen molar-refractivity contribution in [2.75, 3.05) is 5.73 Å². The first-order valence-electron chi connectivity index (χ1n) is 3.93. The van der Waals surface area contributed by atoms with E-state index in [0.717, 1.165) is 11.1 Å². The van der Waals surface area contributed by atoms with Gasteiger partial charge in [0.25, 0.3) is 5.56 Å². The molecule has 0 spiro atoms. The van der Waals surface area contributed by atoms with Gasteiger partial charge in [-0.05, 0) is 24.6 Å². The van der Waals surface area contributed by atoms with Crippen molar-refractivity contribution in [1.82, 2.24) is 9.97 Å². The summed E-state index contributed by atoms with van der Waals surface area (Å²) in [6.45, 7) is 1.96. The fraction of sp³-hybridized carbons (Fsp3) is 0.111. The Bertz CT molecular complexity index is 516. The van der Waals surface area contributed by atoms with Crippen molar-refractivity contribution in [3.8, 4) is 0 Å². The molecular formula is C9H9N3O. The Labute approximate surface area is 74.4 Å². The normalized spacial score (nSPS) is 10.5. The van der Waals surface area contributed by atoms with Gasteiger partial charge in [0.1, 0.15) is 0 Å². The maximum absolute atomic E-state index is 11.1. The molecule has 0 aliphatic rings. The van der Waals surface area contributed by atoms with Crippen molar-refractivity contribution in [2.24, 2.45) is 0 Å². The van der Waals surface area contributed by atoms with E-state index in [2.05, 4.69) is 9.97 Å². The summed E-state index contributed by atoms with van der Waals surface area (Å²) < 4.78 is 0. The number of nitrogens with zero attached hydrogens (tertiary/aromatic N) is 1. The number of H-pyrrole nitrogens is 1. The lowest BCUT2D eigenvalue weighted by atomic mass is 10.2. The third-order valence-electron chi connectivity index (χ3n) is 1.87. The predicted octanol–water partition coefficient (Wildman–Crippen LogP) is 0.814. The van der Waals surface area contributed by atoms with Gasteiger partial charge in [0, 0.05) is 0 Å². The first-order chi connectivity index (χ1) is 6.16. The lowest BCUT2D eigenvalue weighted by Crippen LogP contribution is -2.13. The number of aryl methyl sites for hydroxylation is 1. The molecule has 0 radical (unpaired) electrons. The molecule has 0 aliphatic carbocycles. The molecule has 2 rings (SSSR count). The number of benzene rings is 1. The molecule has 0 amide bonds. The van der Waals surface area contributed by atoms with Crippen LogP contribution in [0.4, 0.5) is 5.82 Å². The van der Waals surface area contributed by atoms with Crippen molar-refractivity contribution in [3.63, 3.8) is 0 Å². The number of hydrogen-bond acceptors (Lipinski definition) is 3. The van der Waals surface area contributed by atoms with Gasteiger partial charge in [-0.15, -0.1) is 0 Å². The maximum Gasteiger partial charge on any atom is 0.290 e. The zero-order chi connectivity index (χ0) is 9.42. The van der Waals surface area contributed by atoms with Crippen LogP contribution in [0.15, 0.2) is 23.0 Å². The van der Waals surface area contributed by atoms with Crippen molar-refractivity contribution in [3.05, 3.63) is 34.1 Å². The number of rotatable bonds is 0. The van der Waals surface area contributed by atoms with Gasteiger partial charge in [-0.1, -0.05) is 6.07 Å². The molecule has 13 heavy (non-hydrogen) atoms. The van der Waals surface area contributed by atoms with E-state index in [9.17, 15) is 4.79 Å². The maximum atomic E-state index is 11.1. The van der Waals surface area contributed by atoms with Gasteiger partial charge >= 0.3 is 0 Å². The molecular weight excluding hydrogens is 166 g/mol. The van der Waals surface area contributed by atoms with Crippen molar-refractivity contribution >= 4 is 16.9 Å². The summed E-state index contributed by atoms with van der Waals surface area (Å²) in [5.41, 5.74) is 7.57. The number of anilines is 1. The summed E-state index contributed by atoms with van der Waals surface area (Å²) in [4.78, 5) is 17.7. The first-order valence-corrected chi connectivity index (χ1v) is 3.93. The molecule has 0 aliphatic heterocycles. The molecule has 0 atom stereocenters. The predicted molar refractivity (Wildman–Crippen MR) is 51.5 cm³/mol. The Morgan fingerprint density at radius 3 is 3.00 bits per heavy atom. The minimum atomic E-state index is -0.337. The van der Waals surface area contributed by atoms with Gasteiger partial charge in [-0.25, -0.2) is 4.98 Å². The molecule has 0 saturated carbocycles. The van der Waals surface area contributed by atoms with Crippen molar-refractivity contribution in [2.45, 2.75) is 6.92 Å². The average molecular weight is 175 g/mol. The van der Waals surface area contributed by atoms with E-state index in [1.54, 1.807) is 0 Å². The lowest BCUT2D eigenvalue weighted by Gasteiger charge is -1.98. The number of nitrogens with one attached hydrogen (secondary N) is 1. The molecule has 0 fully saturated rings. The van der Waals surface area contributed by atoms with Gasteiger partial charge in [0.15, 0.2) is 5.82 Å². The Morgan fingerprint density at radius 2 is 2.23 bits per heavy atom. The van der Waals surface area contributed by atoms with E-state index in [0.29, 0.717) is 5.52 Å². The highest BCUT2D eigenvalue weighted by Gasteiger charge is 1.99. The summed E-state index contributed by atoms with van der Waals surface area (Å²) in [7, 11) is 0. The van der Waals surface area contributed by atoms with Crippen LogP contribution in [0.2, 0.25) is 0 Å². The van der Waals surface area contributed by atoms with Gasteiger partial charge in [-0.3, -0.25) is 4.79 Å². The van der Waals surface area contributed by atoms with Gasteiger partial charge in [-0.2, -0.15) is 0 Å². The highest BCUT2D eigenvalue weighted by molar-refractivity contribution is 5.75. The van der Waals surface area contributed by atoms with Crippen LogP contribution in [-0.4, -0.2) is 9.97 Å². The van der Waals surface area contributed by atoms with E-state index >= 15 is 0 Å². The number of hydrogen-bond donors (Lipinski definition) is 2. The lowest BCUT2D eigenvalue weighted by molar-refractivity contribution is 1.22. The summed E-state index contributed by atoms with van der Waals surface area (Å²) in [6.07, 6.45) is 0. The van der Waals surface area contributed by atoms with Gasteiger partial charge in [0.2, 0.25) is 0 Å². The number of aromatic nitrogens is 2. The Morgan fingerprint density at radius 1 is 1.46 bits per heavy atom. The topological polar surface area (TPSA) is 71.8 Å². The SMILES string of the molecule is Cc1ccc2[nH]c(=O)c(N)nc2c1. The molecule has 3 N–H and O–H groups in total. The molecule has 0 saturated heterocycles. The third kappa shape index (κ3) is 1.26. The molecule has 4 nitrogen and oxygen atoms in total. The highest BCUT2D eigenvalue weighted by atomic mass is 16.1. The van der Waals surface area contributed by atoms with Crippen LogP contribution >= 0.6 is 0 Å². The van der Waals surface area contributed by atoms with Crippen LogP contribution in [0, 0.1) is 6.92 Å². The van der Waals surface area contributed by atoms with Crippen LogP contribution in [0.5, 0.6) is 0 Å². The molecule has 4 heteroatoms. The highest BCUT2D eigenvalue weighted by Crippen LogP contribution is 2.09. The third-order valence-corrected chi connectivity index (χ3v) is 1.87. The van der Waals surface area contributed by atoms with Crippen LogP contribution in [0.3, 0.4) is 0 Å². The van der Waals surface area contributed by atoms with Crippen molar-refractivity contribution in [1.29, 1.82) is 0 Å². The molecule has 0 bridgehead atoms. The van der Waals surface area contributed by atoms with Crippen LogP contribution < -0.4 is 11.3 Å². The fourth-order valence-corrected chi connectivity index (χ4v) is 1.21. The largest absolute Gasteiger partial charge is 0.379 e. The van der Waals surface area contributed by atoms with E-state index in [-0.39, 0.29) is 11.4 Å². The average Bonchev–Trinajstić information content (AvgIpc) is 2.08. The van der Waals surface area contributed by atoms with Crippen molar-refractivity contribution < 1.29 is 0 Å². The molecule has 66 valence electrons. The number of fused-ring (bicyclic) bond motifs is 1. The molecule has 1 aromatic heterocycles. The zero-order valence-corrected chi connectivity index (χ0v) is 7.16. The minimum absolute atomic E-state index is 0.0121. The Hall–Kier alpha value is -1.84.